The zero-order valence-corrected chi connectivity index (χ0v) is 11.2. The summed E-state index contributed by atoms with van der Waals surface area (Å²) < 4.78 is 1.57. The zero-order valence-electron chi connectivity index (χ0n) is 11.2. The van der Waals surface area contributed by atoms with Crippen molar-refractivity contribution in [2.24, 2.45) is 0 Å². The quantitative estimate of drug-likeness (QED) is 0.699. The molecule has 0 bridgehead atoms. The second kappa shape index (κ2) is 5.86. The molecule has 0 saturated carbocycles. The van der Waals surface area contributed by atoms with Crippen LogP contribution in [0.4, 0.5) is 5.69 Å². The molecule has 1 atom stereocenters. The molecule has 6 nitrogen and oxygen atoms in total. The third-order valence-corrected chi connectivity index (χ3v) is 3.24. The van der Waals surface area contributed by atoms with Crippen molar-refractivity contribution in [2.75, 3.05) is 12.3 Å². The number of hydrogen-bond donors (Lipinski definition) is 3. The Labute approximate surface area is 107 Å². The summed E-state index contributed by atoms with van der Waals surface area (Å²) in [7, 11) is 0. The Hall–Kier alpha value is -1.56. The van der Waals surface area contributed by atoms with Crippen LogP contribution in [0.1, 0.15) is 44.1 Å². The minimum Gasteiger partial charge on any atom is -0.396 e. The van der Waals surface area contributed by atoms with Gasteiger partial charge in [-0.05, 0) is 26.7 Å². The van der Waals surface area contributed by atoms with Crippen LogP contribution >= 0.6 is 0 Å². The fourth-order valence-electron chi connectivity index (χ4n) is 1.80. The molecule has 1 amide bonds. The Morgan fingerprint density at radius 1 is 1.61 bits per heavy atom. The van der Waals surface area contributed by atoms with Gasteiger partial charge in [-0.1, -0.05) is 6.92 Å². The lowest BCUT2D eigenvalue weighted by Gasteiger charge is -2.29. The van der Waals surface area contributed by atoms with E-state index >= 15 is 0 Å². The van der Waals surface area contributed by atoms with Crippen LogP contribution in [0.25, 0.3) is 0 Å². The first-order chi connectivity index (χ1) is 8.47. The van der Waals surface area contributed by atoms with Gasteiger partial charge in [-0.3, -0.25) is 9.48 Å². The second-order valence-electron chi connectivity index (χ2n) is 4.61. The first-order valence-corrected chi connectivity index (χ1v) is 6.22. The minimum absolute atomic E-state index is 0.0349. The first-order valence-electron chi connectivity index (χ1n) is 6.22. The number of nitrogens with one attached hydrogen (secondary N) is 1. The van der Waals surface area contributed by atoms with Crippen molar-refractivity contribution in [3.05, 3.63) is 11.9 Å². The molecule has 1 aromatic rings. The maximum Gasteiger partial charge on any atom is 0.272 e. The molecular formula is C12H22N4O2. The summed E-state index contributed by atoms with van der Waals surface area (Å²) in [6, 6.07) is 0. The van der Waals surface area contributed by atoms with E-state index in [1.807, 2.05) is 20.8 Å². The van der Waals surface area contributed by atoms with Crippen molar-refractivity contribution >= 4 is 11.6 Å². The van der Waals surface area contributed by atoms with Gasteiger partial charge in [0, 0.05) is 18.7 Å². The maximum atomic E-state index is 12.2. The number of rotatable bonds is 6. The van der Waals surface area contributed by atoms with Crippen LogP contribution in [0.3, 0.4) is 0 Å². The lowest BCUT2D eigenvalue weighted by Crippen LogP contribution is -2.46. The summed E-state index contributed by atoms with van der Waals surface area (Å²) in [5, 5.41) is 16.0. The van der Waals surface area contributed by atoms with Gasteiger partial charge in [0.05, 0.1) is 11.9 Å². The first kappa shape index (κ1) is 14.5. The van der Waals surface area contributed by atoms with Gasteiger partial charge >= 0.3 is 0 Å². The minimum atomic E-state index is -0.429. The molecule has 4 N–H and O–H groups in total. The lowest BCUT2D eigenvalue weighted by atomic mass is 9.94. The van der Waals surface area contributed by atoms with E-state index in [0.29, 0.717) is 24.3 Å². The van der Waals surface area contributed by atoms with Crippen LogP contribution in [-0.4, -0.2) is 32.9 Å². The number of carbonyl (C=O) groups excluding carboxylic acids is 1. The summed E-state index contributed by atoms with van der Waals surface area (Å²) in [5.41, 5.74) is 6.09. The summed E-state index contributed by atoms with van der Waals surface area (Å²) in [4.78, 5) is 12.2. The highest BCUT2D eigenvalue weighted by Crippen LogP contribution is 2.17. The Morgan fingerprint density at radius 2 is 2.28 bits per heavy atom. The van der Waals surface area contributed by atoms with Crippen molar-refractivity contribution in [3.63, 3.8) is 0 Å². The average molecular weight is 254 g/mol. The molecule has 1 unspecified atom stereocenters. The molecule has 0 aliphatic rings. The number of nitrogen functional groups attached to an aromatic ring is 1. The van der Waals surface area contributed by atoms with Crippen LogP contribution in [0.15, 0.2) is 6.20 Å². The summed E-state index contributed by atoms with van der Waals surface area (Å²) in [6.07, 6.45) is 2.72. The van der Waals surface area contributed by atoms with Crippen molar-refractivity contribution < 1.29 is 9.90 Å². The van der Waals surface area contributed by atoms with E-state index in [4.69, 9.17) is 10.8 Å². The largest absolute Gasteiger partial charge is 0.396 e. The predicted octanol–water partition coefficient (Wildman–Crippen LogP) is 0.766. The van der Waals surface area contributed by atoms with E-state index in [1.165, 1.54) is 6.20 Å². The standard InChI is InChI=1S/C12H22N4O2/c1-4-12(3,6-7-17)15-11(18)10-9(13)8-14-16(10)5-2/h8,17H,4-7,13H2,1-3H3,(H,15,18). The number of nitrogens with two attached hydrogens (primary N) is 1. The Kier molecular flexibility index (Phi) is 4.72. The second-order valence-corrected chi connectivity index (χ2v) is 4.61. The van der Waals surface area contributed by atoms with Gasteiger partial charge < -0.3 is 16.2 Å². The van der Waals surface area contributed by atoms with Crippen LogP contribution in [-0.2, 0) is 6.54 Å². The van der Waals surface area contributed by atoms with Crippen LogP contribution < -0.4 is 11.1 Å². The Balaban J connectivity index is 2.90. The Morgan fingerprint density at radius 3 is 2.78 bits per heavy atom. The van der Waals surface area contributed by atoms with Gasteiger partial charge in [-0.15, -0.1) is 0 Å². The zero-order chi connectivity index (χ0) is 13.8. The molecule has 0 spiro atoms. The van der Waals surface area contributed by atoms with E-state index in [0.717, 1.165) is 6.42 Å². The number of carbonyl (C=O) groups is 1. The van der Waals surface area contributed by atoms with Gasteiger partial charge in [-0.25, -0.2) is 0 Å². The fraction of sp³-hybridized carbons (Fsp3) is 0.667. The highest BCUT2D eigenvalue weighted by Gasteiger charge is 2.26. The fourth-order valence-corrected chi connectivity index (χ4v) is 1.80. The number of nitrogens with zero attached hydrogens (tertiary/aromatic N) is 2. The molecule has 0 aliphatic heterocycles. The number of aromatic nitrogens is 2. The van der Waals surface area contributed by atoms with Gasteiger partial charge in [0.15, 0.2) is 0 Å². The number of aliphatic hydroxyl groups is 1. The molecule has 18 heavy (non-hydrogen) atoms. The third-order valence-electron chi connectivity index (χ3n) is 3.24. The van der Waals surface area contributed by atoms with E-state index in [2.05, 4.69) is 10.4 Å². The van der Waals surface area contributed by atoms with Crippen molar-refractivity contribution in [3.8, 4) is 0 Å². The number of aryl methyl sites for hydroxylation is 1. The summed E-state index contributed by atoms with van der Waals surface area (Å²) in [6.45, 7) is 6.40. The van der Waals surface area contributed by atoms with Gasteiger partial charge in [0.25, 0.3) is 5.91 Å². The number of aliphatic hydroxyl groups excluding tert-OH is 1. The van der Waals surface area contributed by atoms with Gasteiger partial charge in [0.2, 0.25) is 0 Å². The highest BCUT2D eigenvalue weighted by molar-refractivity contribution is 5.97. The maximum absolute atomic E-state index is 12.2. The molecule has 1 aromatic heterocycles. The summed E-state index contributed by atoms with van der Waals surface area (Å²) in [5.74, 6) is -0.246. The van der Waals surface area contributed by atoms with Crippen LogP contribution in [0, 0.1) is 0 Å². The van der Waals surface area contributed by atoms with Crippen molar-refractivity contribution in [1.29, 1.82) is 0 Å². The lowest BCUT2D eigenvalue weighted by molar-refractivity contribution is 0.0876. The average Bonchev–Trinajstić information content (AvgIpc) is 2.70. The van der Waals surface area contributed by atoms with E-state index in [-0.39, 0.29) is 12.5 Å². The van der Waals surface area contributed by atoms with Crippen molar-refractivity contribution in [2.45, 2.75) is 45.7 Å². The Bertz CT molecular complexity index is 416. The highest BCUT2D eigenvalue weighted by atomic mass is 16.3. The SMILES string of the molecule is CCn1ncc(N)c1C(=O)NC(C)(CC)CCO. The molecular weight excluding hydrogens is 232 g/mol. The molecule has 0 saturated heterocycles. The summed E-state index contributed by atoms with van der Waals surface area (Å²) >= 11 is 0. The topological polar surface area (TPSA) is 93.2 Å². The van der Waals surface area contributed by atoms with E-state index in [9.17, 15) is 4.79 Å². The molecule has 102 valence electrons. The van der Waals surface area contributed by atoms with Crippen molar-refractivity contribution in [1.82, 2.24) is 15.1 Å². The smallest absolute Gasteiger partial charge is 0.272 e. The number of anilines is 1. The molecule has 1 rings (SSSR count). The molecule has 0 radical (unpaired) electrons. The van der Waals surface area contributed by atoms with E-state index in [1.54, 1.807) is 4.68 Å². The van der Waals surface area contributed by atoms with E-state index < -0.39 is 5.54 Å². The number of amides is 1. The molecule has 0 fully saturated rings. The molecule has 6 heteroatoms. The monoisotopic (exact) mass is 254 g/mol. The molecule has 1 heterocycles. The number of hydrogen-bond acceptors (Lipinski definition) is 4. The molecule has 0 aliphatic carbocycles. The van der Waals surface area contributed by atoms with Crippen LogP contribution in [0.2, 0.25) is 0 Å². The van der Waals surface area contributed by atoms with Gasteiger partial charge in [-0.2, -0.15) is 5.10 Å². The molecule has 0 aromatic carbocycles. The normalized spacial score (nSPS) is 14.2. The van der Waals surface area contributed by atoms with Gasteiger partial charge in [0.1, 0.15) is 5.69 Å². The van der Waals surface area contributed by atoms with Crippen LogP contribution in [0.5, 0.6) is 0 Å². The third kappa shape index (κ3) is 3.01. The predicted molar refractivity (Wildman–Crippen MR) is 70.2 cm³/mol.